The van der Waals surface area contributed by atoms with Gasteiger partial charge in [0.25, 0.3) is 0 Å². The van der Waals surface area contributed by atoms with Gasteiger partial charge in [-0.25, -0.2) is 14.8 Å². The monoisotopic (exact) mass is 739 g/mol. The molecule has 0 saturated heterocycles. The number of aromatic nitrogens is 5. The molecule has 6 heterocycles. The summed E-state index contributed by atoms with van der Waals surface area (Å²) in [4.78, 5) is 56.5. The summed E-state index contributed by atoms with van der Waals surface area (Å²) in [5.74, 6) is -2.74. The predicted octanol–water partition coefficient (Wildman–Crippen LogP) is 7.54. The Morgan fingerprint density at radius 2 is 1.31 bits per heavy atom. The molecule has 0 atom stereocenters. The summed E-state index contributed by atoms with van der Waals surface area (Å²) in [6, 6.07) is 10.7. The molecule has 3 N–H and O–H groups in total. The normalized spacial score (nSPS) is 12.1. The van der Waals surface area contributed by atoms with E-state index in [2.05, 4.69) is 18.1 Å². The van der Waals surface area contributed by atoms with E-state index in [0.29, 0.717) is 40.8 Å². The van der Waals surface area contributed by atoms with Gasteiger partial charge in [0.05, 0.1) is 28.3 Å². The van der Waals surface area contributed by atoms with Gasteiger partial charge in [0, 0.05) is 30.8 Å². The molecule has 6 rings (SSSR count). The summed E-state index contributed by atoms with van der Waals surface area (Å²) in [5, 5.41) is 27.2. The van der Waals surface area contributed by atoms with E-state index in [1.165, 1.54) is 18.5 Å². The molecule has 0 fully saturated rings. The van der Waals surface area contributed by atoms with Crippen LogP contribution in [0.15, 0.2) is 68.0 Å². The van der Waals surface area contributed by atoms with Crippen molar-refractivity contribution in [3.8, 4) is 0 Å². The smallest absolute Gasteiger partial charge is 0.657 e. The predicted molar refractivity (Wildman–Crippen MR) is 198 cm³/mol. The maximum atomic E-state index is 11.5. The summed E-state index contributed by atoms with van der Waals surface area (Å²) in [7, 11) is 0. The third kappa shape index (κ3) is 8.20. The fraction of sp³-hybridized carbons (Fsp3) is 0.200. The van der Waals surface area contributed by atoms with E-state index in [9.17, 15) is 24.6 Å². The van der Waals surface area contributed by atoms with Gasteiger partial charge in [0.1, 0.15) is 0 Å². The van der Waals surface area contributed by atoms with Crippen molar-refractivity contribution in [1.82, 2.24) is 24.9 Å². The molecular weight excluding hydrogens is 702 g/mol. The summed E-state index contributed by atoms with van der Waals surface area (Å²) in [6.07, 6.45) is 6.90. The summed E-state index contributed by atoms with van der Waals surface area (Å²) >= 11 is 0. The summed E-state index contributed by atoms with van der Waals surface area (Å²) in [5.41, 5.74) is 12.8. The number of fused-ring (bicyclic) bond motifs is 8. The fourth-order valence-corrected chi connectivity index (χ4v) is 6.10. The zero-order valence-corrected chi connectivity index (χ0v) is 30.3. The number of allylic oxidation sites excluding steroid dienone is 5. The minimum Gasteiger partial charge on any atom is -0.657 e. The molecule has 8 bridgehead atoms. The van der Waals surface area contributed by atoms with Crippen molar-refractivity contribution in [3.63, 3.8) is 0 Å². The second kappa shape index (κ2) is 16.5. The first-order chi connectivity index (χ1) is 24.3. The Morgan fingerprint density at radius 1 is 0.731 bits per heavy atom. The molecular formula is C40H37FeN5O6. The van der Waals surface area contributed by atoms with Crippen LogP contribution in [0.3, 0.4) is 0 Å². The third-order valence-corrected chi connectivity index (χ3v) is 8.97. The molecule has 4 aromatic heterocycles. The molecule has 2 aliphatic heterocycles. The number of carbonyl (C=O) groups is 3. The molecule has 0 spiro atoms. The number of aromatic carboxylic acids is 1. The van der Waals surface area contributed by atoms with Gasteiger partial charge in [-0.05, 0) is 75.0 Å². The van der Waals surface area contributed by atoms with Gasteiger partial charge in [-0.15, -0.1) is 22.1 Å². The number of aryl methyl sites for hydroxylation is 3. The first-order valence-corrected chi connectivity index (χ1v) is 16.2. The second-order valence-corrected chi connectivity index (χ2v) is 12.1. The van der Waals surface area contributed by atoms with E-state index < -0.39 is 17.9 Å². The molecule has 0 radical (unpaired) electrons. The van der Waals surface area contributed by atoms with Crippen molar-refractivity contribution >= 4 is 68.3 Å². The molecule has 0 unspecified atom stereocenters. The van der Waals surface area contributed by atoms with Crippen LogP contribution in [-0.4, -0.2) is 48.2 Å². The topological polar surface area (TPSA) is 179 Å². The SMILES string of the molecule is C=CC1=C(C)c2cc3[n-]c(cc4nc(cc5[n-]c(cc1n2)c(C)c5C=C)C(C)=C4CCC(=O)O)c(CCC(=O)O)c3C.O=C(O)c1cccnc1.[Fe+2]. The maximum absolute atomic E-state index is 11.5. The number of hydrogen-bond donors (Lipinski definition) is 3. The van der Waals surface area contributed by atoms with Crippen molar-refractivity contribution in [2.24, 2.45) is 0 Å². The molecule has 266 valence electrons. The number of carboxylic acid groups (broad SMARTS) is 3. The summed E-state index contributed by atoms with van der Waals surface area (Å²) < 4.78 is 0. The first-order valence-electron chi connectivity index (χ1n) is 16.2. The first kappa shape index (κ1) is 39.0. The van der Waals surface area contributed by atoms with Gasteiger partial charge in [-0.1, -0.05) is 66.3 Å². The minimum absolute atomic E-state index is 0. The average Bonchev–Trinajstić information content (AvgIpc) is 3.76. The Kier molecular flexibility index (Phi) is 12.3. The maximum Gasteiger partial charge on any atom is 2.00 e. The van der Waals surface area contributed by atoms with Gasteiger partial charge in [0.15, 0.2) is 0 Å². The molecule has 52 heavy (non-hydrogen) atoms. The van der Waals surface area contributed by atoms with Crippen LogP contribution in [0.4, 0.5) is 0 Å². The standard InChI is InChI=1S/C34H34N4O4.C6H5NO2.Fe/c1-7-21-17(3)25-13-26-19(5)23(9-11-33(39)40)31(37-26)16-32-24(10-12-34(41)42)20(6)28(38-32)15-30-22(8-2)18(4)27(36-30)14-29(21)35-25;8-6(9)5-2-1-3-7-4-5;/h7-8,13-16H,1-2,9-12H2,3-6H3,(H4,35,36,37,38,39,40,41,42);1-4H,(H,8,9);/q;;+2/p-2. The quantitative estimate of drug-likeness (QED) is 0.144. The minimum atomic E-state index is -0.942. The molecule has 0 amide bonds. The zero-order valence-electron chi connectivity index (χ0n) is 29.2. The molecule has 11 nitrogen and oxygen atoms in total. The van der Waals surface area contributed by atoms with E-state index >= 15 is 0 Å². The zero-order chi connectivity index (χ0) is 37.0. The number of carboxylic acids is 3. The van der Waals surface area contributed by atoms with Crippen LogP contribution in [0, 0.1) is 13.8 Å². The van der Waals surface area contributed by atoms with Gasteiger partial charge in [-0.2, -0.15) is 0 Å². The van der Waals surface area contributed by atoms with E-state index in [1.807, 2.05) is 52.0 Å². The van der Waals surface area contributed by atoms with Crippen molar-refractivity contribution in [3.05, 3.63) is 119 Å². The third-order valence-electron chi connectivity index (χ3n) is 8.97. The number of hydrogen-bond acceptors (Lipinski definition) is 6. The Morgan fingerprint density at radius 3 is 1.90 bits per heavy atom. The van der Waals surface area contributed by atoms with Crippen LogP contribution in [0.25, 0.3) is 50.4 Å². The van der Waals surface area contributed by atoms with Crippen LogP contribution < -0.4 is 9.97 Å². The Bertz CT molecular complexity index is 2330. The van der Waals surface area contributed by atoms with E-state index in [4.69, 9.17) is 25.0 Å². The molecule has 4 aromatic rings. The van der Waals surface area contributed by atoms with E-state index in [0.717, 1.165) is 61.5 Å². The average molecular weight is 740 g/mol. The Balaban J connectivity index is 0.000000529. The fourth-order valence-electron chi connectivity index (χ4n) is 6.10. The van der Waals surface area contributed by atoms with E-state index in [-0.39, 0.29) is 35.5 Å². The van der Waals surface area contributed by atoms with Crippen LogP contribution in [-0.2, 0) is 33.1 Å². The Labute approximate surface area is 311 Å². The van der Waals surface area contributed by atoms with Crippen LogP contribution in [0.2, 0.25) is 0 Å². The number of nitrogens with zero attached hydrogens (tertiary/aromatic N) is 5. The molecule has 0 saturated carbocycles. The van der Waals surface area contributed by atoms with Crippen LogP contribution in [0.1, 0.15) is 88.5 Å². The van der Waals surface area contributed by atoms with Gasteiger partial charge in [0.2, 0.25) is 0 Å². The van der Waals surface area contributed by atoms with Gasteiger partial charge < -0.3 is 25.3 Å². The van der Waals surface area contributed by atoms with Crippen LogP contribution in [0.5, 0.6) is 0 Å². The number of aliphatic carboxylic acids is 2. The van der Waals surface area contributed by atoms with Crippen molar-refractivity contribution in [2.45, 2.75) is 53.4 Å². The summed E-state index contributed by atoms with van der Waals surface area (Å²) in [6.45, 7) is 15.9. The largest absolute Gasteiger partial charge is 2.00 e. The molecule has 12 heteroatoms. The number of rotatable bonds is 9. The molecule has 0 aliphatic carbocycles. The van der Waals surface area contributed by atoms with Gasteiger partial charge >= 0.3 is 35.0 Å². The van der Waals surface area contributed by atoms with Gasteiger partial charge in [-0.3, -0.25) is 14.6 Å². The van der Waals surface area contributed by atoms with Crippen molar-refractivity contribution < 1.29 is 46.8 Å². The molecule has 2 aliphatic rings. The second-order valence-electron chi connectivity index (χ2n) is 12.1. The van der Waals surface area contributed by atoms with Crippen LogP contribution >= 0.6 is 0 Å². The van der Waals surface area contributed by atoms with Crippen molar-refractivity contribution in [1.29, 1.82) is 0 Å². The number of pyridine rings is 1. The molecule has 0 aromatic carbocycles. The van der Waals surface area contributed by atoms with E-state index in [1.54, 1.807) is 18.2 Å². The Hall–Kier alpha value is -5.84. The van der Waals surface area contributed by atoms with Crippen molar-refractivity contribution in [2.75, 3.05) is 0 Å².